The van der Waals surface area contributed by atoms with Crippen LogP contribution >= 0.6 is 0 Å². The summed E-state index contributed by atoms with van der Waals surface area (Å²) in [4.78, 5) is 25.3. The highest BCUT2D eigenvalue weighted by molar-refractivity contribution is 5.70. The van der Waals surface area contributed by atoms with E-state index in [1.165, 1.54) is 0 Å². The maximum atomic E-state index is 12.6. The molecule has 25 heavy (non-hydrogen) atoms. The molecule has 6 heteroatoms. The molecule has 1 aliphatic heterocycles. The molecule has 1 aromatic rings. The molecule has 0 saturated carbocycles. The maximum absolute atomic E-state index is 12.6. The van der Waals surface area contributed by atoms with Crippen molar-refractivity contribution >= 4 is 12.4 Å². The third-order valence-electron chi connectivity index (χ3n) is 4.19. The second kappa shape index (κ2) is 7.76. The van der Waals surface area contributed by atoms with Crippen LogP contribution in [0.3, 0.4) is 0 Å². The van der Waals surface area contributed by atoms with Crippen molar-refractivity contribution < 1.29 is 23.8 Å². The highest BCUT2D eigenvalue weighted by Crippen LogP contribution is 2.40. The van der Waals surface area contributed by atoms with Crippen molar-refractivity contribution in [2.75, 3.05) is 20.8 Å². The maximum Gasteiger partial charge on any atom is 0.410 e. The summed E-state index contributed by atoms with van der Waals surface area (Å²) in [6.45, 7) is 6.08. The molecule has 138 valence electrons. The zero-order valence-electron chi connectivity index (χ0n) is 15.6. The van der Waals surface area contributed by atoms with Crippen molar-refractivity contribution in [3.8, 4) is 11.5 Å². The summed E-state index contributed by atoms with van der Waals surface area (Å²) >= 11 is 0. The first-order chi connectivity index (χ1) is 11.8. The molecule has 1 amide bonds. The van der Waals surface area contributed by atoms with Gasteiger partial charge in [-0.15, -0.1) is 0 Å². The molecule has 0 radical (unpaired) electrons. The Balaban J connectivity index is 2.40. The second-order valence-corrected chi connectivity index (χ2v) is 7.09. The van der Waals surface area contributed by atoms with Crippen molar-refractivity contribution in [1.29, 1.82) is 0 Å². The summed E-state index contributed by atoms with van der Waals surface area (Å²) in [7, 11) is 3.18. The van der Waals surface area contributed by atoms with Gasteiger partial charge in [0.25, 0.3) is 0 Å². The summed E-state index contributed by atoms with van der Waals surface area (Å²) in [6, 6.07) is 3.64. The standard InChI is InChI=1S/C19H27NO5/c1-19(2,3)25-18(22)20-9-8-13-11-16(23-4)17(24-5)12-14(13)15(20)7-6-10-21/h10-12,15H,6-9H2,1-5H3. The van der Waals surface area contributed by atoms with Crippen molar-refractivity contribution in [3.63, 3.8) is 0 Å². The lowest BCUT2D eigenvalue weighted by molar-refractivity contribution is -0.108. The summed E-state index contributed by atoms with van der Waals surface area (Å²) in [5.41, 5.74) is 1.52. The summed E-state index contributed by atoms with van der Waals surface area (Å²) in [6.07, 6.45) is 2.14. The van der Waals surface area contributed by atoms with E-state index in [1.807, 2.05) is 32.9 Å². The molecule has 0 aliphatic carbocycles. The van der Waals surface area contributed by atoms with Crippen LogP contribution in [0.25, 0.3) is 0 Å². The number of fused-ring (bicyclic) bond motifs is 1. The van der Waals surface area contributed by atoms with Gasteiger partial charge < -0.3 is 23.9 Å². The summed E-state index contributed by atoms with van der Waals surface area (Å²) in [5.74, 6) is 1.28. The van der Waals surface area contributed by atoms with E-state index in [0.717, 1.165) is 17.4 Å². The van der Waals surface area contributed by atoms with E-state index in [0.29, 0.717) is 37.3 Å². The fraction of sp³-hybridized carbons (Fsp3) is 0.579. The van der Waals surface area contributed by atoms with E-state index >= 15 is 0 Å². The highest BCUT2D eigenvalue weighted by atomic mass is 16.6. The zero-order valence-corrected chi connectivity index (χ0v) is 15.6. The number of rotatable bonds is 5. The molecular formula is C19H27NO5. The van der Waals surface area contributed by atoms with E-state index in [9.17, 15) is 9.59 Å². The van der Waals surface area contributed by atoms with Gasteiger partial charge in [-0.25, -0.2) is 4.79 Å². The first-order valence-electron chi connectivity index (χ1n) is 8.48. The first kappa shape index (κ1) is 19.1. The number of hydrogen-bond donors (Lipinski definition) is 0. The number of hydrogen-bond acceptors (Lipinski definition) is 5. The van der Waals surface area contributed by atoms with Gasteiger partial charge >= 0.3 is 6.09 Å². The van der Waals surface area contributed by atoms with Crippen LogP contribution < -0.4 is 9.47 Å². The van der Waals surface area contributed by atoms with Crippen LogP contribution in [0.15, 0.2) is 12.1 Å². The largest absolute Gasteiger partial charge is 0.493 e. The smallest absolute Gasteiger partial charge is 0.410 e. The lowest BCUT2D eigenvalue weighted by Crippen LogP contribution is -2.43. The molecule has 0 fully saturated rings. The molecular weight excluding hydrogens is 322 g/mol. The molecule has 0 spiro atoms. The van der Waals surface area contributed by atoms with Gasteiger partial charge in [0.15, 0.2) is 11.5 Å². The van der Waals surface area contributed by atoms with Crippen LogP contribution in [0.4, 0.5) is 4.79 Å². The minimum absolute atomic E-state index is 0.219. The molecule has 1 heterocycles. The SMILES string of the molecule is COc1cc2c(cc1OC)C(CCC=O)N(C(=O)OC(C)(C)C)CC2. The quantitative estimate of drug-likeness (QED) is 0.761. The Morgan fingerprint density at radius 3 is 2.44 bits per heavy atom. The Hall–Kier alpha value is -2.24. The van der Waals surface area contributed by atoms with Crippen LogP contribution in [-0.4, -0.2) is 43.6 Å². The molecule has 1 aliphatic rings. The first-order valence-corrected chi connectivity index (χ1v) is 8.48. The van der Waals surface area contributed by atoms with Gasteiger partial charge in [-0.1, -0.05) is 0 Å². The molecule has 1 aromatic carbocycles. The van der Waals surface area contributed by atoms with Gasteiger partial charge in [0.1, 0.15) is 11.9 Å². The normalized spacial score (nSPS) is 16.8. The molecule has 2 rings (SSSR count). The average molecular weight is 349 g/mol. The fourth-order valence-electron chi connectivity index (χ4n) is 3.10. The number of amides is 1. The van der Waals surface area contributed by atoms with Crippen LogP contribution in [0, 0.1) is 0 Å². The minimum Gasteiger partial charge on any atom is -0.493 e. The second-order valence-electron chi connectivity index (χ2n) is 7.09. The topological polar surface area (TPSA) is 65.1 Å². The number of carbonyl (C=O) groups excluding carboxylic acids is 2. The van der Waals surface area contributed by atoms with E-state index in [-0.39, 0.29) is 12.1 Å². The van der Waals surface area contributed by atoms with E-state index in [1.54, 1.807) is 19.1 Å². The van der Waals surface area contributed by atoms with Gasteiger partial charge in [0, 0.05) is 13.0 Å². The number of ether oxygens (including phenoxy) is 3. The fourth-order valence-corrected chi connectivity index (χ4v) is 3.10. The van der Waals surface area contributed by atoms with Crippen molar-refractivity contribution in [2.24, 2.45) is 0 Å². The minimum atomic E-state index is -0.565. The van der Waals surface area contributed by atoms with Crippen LogP contribution in [-0.2, 0) is 16.0 Å². The predicted octanol–water partition coefficient (Wildman–Crippen LogP) is 3.52. The van der Waals surface area contributed by atoms with Gasteiger partial charge in [-0.05, 0) is 56.9 Å². The van der Waals surface area contributed by atoms with Gasteiger partial charge in [-0.2, -0.15) is 0 Å². The average Bonchev–Trinajstić information content (AvgIpc) is 2.56. The van der Waals surface area contributed by atoms with E-state index in [2.05, 4.69) is 0 Å². The number of benzene rings is 1. The van der Waals surface area contributed by atoms with Gasteiger partial charge in [0.2, 0.25) is 0 Å². The van der Waals surface area contributed by atoms with Crippen molar-refractivity contribution in [3.05, 3.63) is 23.3 Å². The van der Waals surface area contributed by atoms with Crippen molar-refractivity contribution in [1.82, 2.24) is 4.90 Å². The molecule has 6 nitrogen and oxygen atoms in total. The third-order valence-corrected chi connectivity index (χ3v) is 4.19. The highest BCUT2D eigenvalue weighted by Gasteiger charge is 2.34. The van der Waals surface area contributed by atoms with E-state index < -0.39 is 5.60 Å². The molecule has 1 unspecified atom stereocenters. The zero-order chi connectivity index (χ0) is 18.6. The molecule has 0 saturated heterocycles. The van der Waals surface area contributed by atoms with Gasteiger partial charge in [-0.3, -0.25) is 0 Å². The number of methoxy groups -OCH3 is 2. The molecule has 0 aromatic heterocycles. The van der Waals surface area contributed by atoms with Crippen molar-refractivity contribution in [2.45, 2.75) is 51.7 Å². The number of carbonyl (C=O) groups is 2. The lowest BCUT2D eigenvalue weighted by Gasteiger charge is -2.38. The Bertz CT molecular complexity index is 635. The van der Waals surface area contributed by atoms with Crippen LogP contribution in [0.5, 0.6) is 11.5 Å². The third kappa shape index (κ3) is 4.44. The summed E-state index contributed by atoms with van der Waals surface area (Å²) in [5, 5.41) is 0. The molecule has 1 atom stereocenters. The summed E-state index contributed by atoms with van der Waals surface area (Å²) < 4.78 is 16.3. The predicted molar refractivity (Wildman–Crippen MR) is 94.2 cm³/mol. The number of aldehydes is 1. The Morgan fingerprint density at radius 1 is 1.24 bits per heavy atom. The van der Waals surface area contributed by atoms with Crippen LogP contribution in [0.2, 0.25) is 0 Å². The molecule has 0 N–H and O–H groups in total. The Morgan fingerprint density at radius 2 is 1.88 bits per heavy atom. The Kier molecular flexibility index (Phi) is 5.93. The monoisotopic (exact) mass is 349 g/mol. The Labute approximate surface area is 149 Å². The van der Waals surface area contributed by atoms with Crippen LogP contribution in [0.1, 0.15) is 50.8 Å². The van der Waals surface area contributed by atoms with E-state index in [4.69, 9.17) is 14.2 Å². The number of nitrogens with zero attached hydrogens (tertiary/aromatic N) is 1. The van der Waals surface area contributed by atoms with Gasteiger partial charge in [0.05, 0.1) is 20.3 Å². The lowest BCUT2D eigenvalue weighted by atomic mass is 9.89. The molecule has 0 bridgehead atoms.